The third-order valence-corrected chi connectivity index (χ3v) is 5.48. The molecule has 0 aliphatic carbocycles. The summed E-state index contributed by atoms with van der Waals surface area (Å²) < 4.78 is 7.42. The fourth-order valence-electron chi connectivity index (χ4n) is 3.92. The van der Waals surface area contributed by atoms with E-state index in [4.69, 9.17) is 4.42 Å². The van der Waals surface area contributed by atoms with E-state index in [9.17, 15) is 9.59 Å². The van der Waals surface area contributed by atoms with Gasteiger partial charge in [0.25, 0.3) is 5.91 Å². The van der Waals surface area contributed by atoms with Crippen molar-refractivity contribution in [2.24, 2.45) is 0 Å². The van der Waals surface area contributed by atoms with E-state index in [0.717, 1.165) is 36.8 Å². The molecule has 1 aliphatic rings. The van der Waals surface area contributed by atoms with E-state index in [1.54, 1.807) is 6.92 Å². The first-order chi connectivity index (χ1) is 14.1. The van der Waals surface area contributed by atoms with Crippen LogP contribution >= 0.6 is 0 Å². The smallest absolute Gasteiger partial charge is 0.349 e. The van der Waals surface area contributed by atoms with E-state index < -0.39 is 5.63 Å². The average molecular weight is 394 g/mol. The maximum Gasteiger partial charge on any atom is 0.349 e. The minimum absolute atomic E-state index is 0.0991. The van der Waals surface area contributed by atoms with Gasteiger partial charge in [0, 0.05) is 30.9 Å². The van der Waals surface area contributed by atoms with Gasteiger partial charge in [0.1, 0.15) is 11.3 Å². The van der Waals surface area contributed by atoms with Gasteiger partial charge >= 0.3 is 5.63 Å². The summed E-state index contributed by atoms with van der Waals surface area (Å²) >= 11 is 0. The van der Waals surface area contributed by atoms with Crippen LogP contribution in [0.1, 0.15) is 46.9 Å². The Morgan fingerprint density at radius 1 is 1.38 bits per heavy atom. The van der Waals surface area contributed by atoms with Crippen molar-refractivity contribution in [2.75, 3.05) is 19.6 Å². The number of fused-ring (bicyclic) bond motifs is 1. The zero-order valence-corrected chi connectivity index (χ0v) is 16.6. The molecule has 1 fully saturated rings. The maximum atomic E-state index is 12.5. The molecule has 1 atom stereocenters. The zero-order chi connectivity index (χ0) is 20.2. The molecule has 152 valence electrons. The van der Waals surface area contributed by atoms with E-state index in [1.165, 1.54) is 0 Å². The summed E-state index contributed by atoms with van der Waals surface area (Å²) in [5.74, 6) is 0.479. The molecule has 0 bridgehead atoms. The van der Waals surface area contributed by atoms with Crippen molar-refractivity contribution in [3.63, 3.8) is 0 Å². The lowest BCUT2D eigenvalue weighted by atomic mass is 9.95. The third kappa shape index (κ3) is 4.24. The van der Waals surface area contributed by atoms with Crippen molar-refractivity contribution in [3.05, 3.63) is 63.8 Å². The number of aryl methyl sites for hydroxylation is 2. The lowest BCUT2D eigenvalue weighted by Crippen LogP contribution is -2.32. The number of hydrogen-bond acceptors (Lipinski definition) is 5. The molecule has 29 heavy (non-hydrogen) atoms. The molecule has 0 radical (unpaired) electrons. The third-order valence-electron chi connectivity index (χ3n) is 5.48. The molecule has 7 heteroatoms. The van der Waals surface area contributed by atoms with E-state index in [1.807, 2.05) is 41.2 Å². The first-order valence-corrected chi connectivity index (χ1v) is 10.2. The second-order valence-electron chi connectivity index (χ2n) is 7.57. The summed E-state index contributed by atoms with van der Waals surface area (Å²) in [6.45, 7) is 4.74. The van der Waals surface area contributed by atoms with Gasteiger partial charge in [-0.1, -0.05) is 18.2 Å². The van der Waals surface area contributed by atoms with Crippen LogP contribution in [0, 0.1) is 6.92 Å². The van der Waals surface area contributed by atoms with Crippen LogP contribution in [0.3, 0.4) is 0 Å². The Morgan fingerprint density at radius 3 is 3.03 bits per heavy atom. The zero-order valence-electron chi connectivity index (χ0n) is 16.6. The van der Waals surface area contributed by atoms with Crippen LogP contribution in [0.2, 0.25) is 0 Å². The summed E-state index contributed by atoms with van der Waals surface area (Å²) in [6, 6.07) is 9.86. The quantitative estimate of drug-likeness (QED) is 0.628. The molecular weight excluding hydrogens is 368 g/mol. The number of amides is 1. The second-order valence-corrected chi connectivity index (χ2v) is 7.57. The van der Waals surface area contributed by atoms with Crippen LogP contribution in [0.5, 0.6) is 0 Å². The number of rotatable bonds is 6. The molecule has 1 aliphatic heterocycles. The molecule has 0 saturated carbocycles. The van der Waals surface area contributed by atoms with E-state index in [2.05, 4.69) is 15.7 Å². The van der Waals surface area contributed by atoms with Crippen molar-refractivity contribution in [1.82, 2.24) is 20.4 Å². The lowest BCUT2D eigenvalue weighted by molar-refractivity contribution is 0.0947. The molecule has 2 N–H and O–H groups in total. The largest absolute Gasteiger partial charge is 0.427 e. The van der Waals surface area contributed by atoms with Gasteiger partial charge in [0.2, 0.25) is 0 Å². The van der Waals surface area contributed by atoms with Gasteiger partial charge in [-0.3, -0.25) is 9.48 Å². The molecule has 3 heterocycles. The monoisotopic (exact) mass is 394 g/mol. The molecule has 4 rings (SSSR count). The van der Waals surface area contributed by atoms with Crippen molar-refractivity contribution in [3.8, 4) is 0 Å². The maximum absolute atomic E-state index is 12.5. The highest BCUT2D eigenvalue weighted by molar-refractivity contribution is 5.95. The van der Waals surface area contributed by atoms with Gasteiger partial charge in [-0.05, 0) is 50.4 Å². The summed E-state index contributed by atoms with van der Waals surface area (Å²) in [5.41, 5.74) is 1.28. The lowest BCUT2D eigenvalue weighted by Gasteiger charge is -2.22. The second kappa shape index (κ2) is 8.61. The normalized spacial score (nSPS) is 16.8. The Bertz CT molecular complexity index is 1060. The topological polar surface area (TPSA) is 89.2 Å². The van der Waals surface area contributed by atoms with Gasteiger partial charge in [-0.15, -0.1) is 0 Å². The average Bonchev–Trinajstić information content (AvgIpc) is 3.14. The highest BCUT2D eigenvalue weighted by Gasteiger charge is 2.22. The molecule has 0 spiro atoms. The molecule has 1 aromatic carbocycles. The Balaban J connectivity index is 1.36. The van der Waals surface area contributed by atoms with Gasteiger partial charge in [-0.25, -0.2) is 4.79 Å². The van der Waals surface area contributed by atoms with Crippen LogP contribution in [-0.2, 0) is 6.54 Å². The Hall–Kier alpha value is -2.93. The molecule has 7 nitrogen and oxygen atoms in total. The first-order valence-electron chi connectivity index (χ1n) is 10.2. The highest BCUT2D eigenvalue weighted by Crippen LogP contribution is 2.23. The summed E-state index contributed by atoms with van der Waals surface area (Å²) in [4.78, 5) is 25.0. The number of hydrogen-bond donors (Lipinski definition) is 2. The summed E-state index contributed by atoms with van der Waals surface area (Å²) in [7, 11) is 0. The first kappa shape index (κ1) is 19.4. The fraction of sp³-hybridized carbons (Fsp3) is 0.409. The van der Waals surface area contributed by atoms with Crippen LogP contribution in [0.4, 0.5) is 0 Å². The molecule has 2 aromatic heterocycles. The van der Waals surface area contributed by atoms with Crippen LogP contribution in [0.15, 0.2) is 45.7 Å². The number of benzene rings is 1. The van der Waals surface area contributed by atoms with E-state index in [-0.39, 0.29) is 17.4 Å². The minimum Gasteiger partial charge on any atom is -0.427 e. The Morgan fingerprint density at radius 2 is 2.24 bits per heavy atom. The van der Waals surface area contributed by atoms with E-state index >= 15 is 0 Å². The van der Waals surface area contributed by atoms with Crippen LogP contribution in [-0.4, -0.2) is 35.3 Å². The number of nitrogens with one attached hydrogen (secondary N) is 2. The summed E-state index contributed by atoms with van der Waals surface area (Å²) in [6.07, 6.45) is 4.60. The van der Waals surface area contributed by atoms with Crippen molar-refractivity contribution < 1.29 is 9.21 Å². The standard InChI is InChI=1S/C22H26N4O3/c1-15-12-19(17-7-4-9-23-13-17)29-22(28)20(15)21(27)24-10-5-11-26-18-8-3-2-6-16(18)14-25-26/h2-3,6,8,12,14,17,23H,4-5,7,9-11,13H2,1H3,(H,24,27). The number of piperidine rings is 1. The molecule has 1 amide bonds. The number of para-hydroxylation sites is 1. The Kier molecular flexibility index (Phi) is 5.76. The van der Waals surface area contributed by atoms with Crippen LogP contribution in [0.25, 0.3) is 10.9 Å². The molecule has 1 saturated heterocycles. The van der Waals surface area contributed by atoms with Gasteiger partial charge in [-0.2, -0.15) is 5.10 Å². The number of aromatic nitrogens is 2. The predicted molar refractivity (Wildman–Crippen MR) is 111 cm³/mol. The molecule has 3 aromatic rings. The van der Waals surface area contributed by atoms with Gasteiger partial charge in [0.15, 0.2) is 0 Å². The summed E-state index contributed by atoms with van der Waals surface area (Å²) in [5, 5.41) is 11.6. The van der Waals surface area contributed by atoms with Crippen molar-refractivity contribution in [1.29, 1.82) is 0 Å². The highest BCUT2D eigenvalue weighted by atomic mass is 16.4. The van der Waals surface area contributed by atoms with Crippen molar-refractivity contribution in [2.45, 2.75) is 38.6 Å². The molecular formula is C22H26N4O3. The number of nitrogens with zero attached hydrogens (tertiary/aromatic N) is 2. The Labute approximate surface area is 169 Å². The van der Waals surface area contributed by atoms with Crippen molar-refractivity contribution >= 4 is 16.8 Å². The van der Waals surface area contributed by atoms with Gasteiger partial charge < -0.3 is 15.1 Å². The number of carbonyl (C=O) groups is 1. The van der Waals surface area contributed by atoms with E-state index in [0.29, 0.717) is 30.8 Å². The van der Waals surface area contributed by atoms with Gasteiger partial charge in [0.05, 0.1) is 11.7 Å². The SMILES string of the molecule is Cc1cc(C2CCCNC2)oc(=O)c1C(=O)NCCCn1ncc2ccccc21. The fourth-order valence-corrected chi connectivity index (χ4v) is 3.92. The number of carbonyl (C=O) groups excluding carboxylic acids is 1. The minimum atomic E-state index is -0.554. The predicted octanol–water partition coefficient (Wildman–Crippen LogP) is 2.59. The molecule has 1 unspecified atom stereocenters. The van der Waals surface area contributed by atoms with Crippen LogP contribution < -0.4 is 16.3 Å².